The van der Waals surface area contributed by atoms with Crippen LogP contribution >= 0.6 is 12.4 Å². The van der Waals surface area contributed by atoms with Crippen LogP contribution in [-0.2, 0) is 4.79 Å². The average molecular weight is 375 g/mol. The molecular formula is C18H35ClN4O2. The lowest BCUT2D eigenvalue weighted by atomic mass is 9.89. The van der Waals surface area contributed by atoms with Crippen LogP contribution in [0.15, 0.2) is 0 Å². The molecule has 0 aromatic carbocycles. The normalized spacial score (nSPS) is 27.0. The van der Waals surface area contributed by atoms with Crippen LogP contribution in [0.1, 0.15) is 46.5 Å². The Hall–Kier alpha value is -1.01. The van der Waals surface area contributed by atoms with E-state index < -0.39 is 0 Å². The third-order valence-electron chi connectivity index (χ3n) is 5.25. The number of nitrogens with zero attached hydrogens (tertiary/aromatic N) is 2. The zero-order chi connectivity index (χ0) is 17.7. The molecule has 2 saturated heterocycles. The third-order valence-corrected chi connectivity index (χ3v) is 5.25. The van der Waals surface area contributed by atoms with E-state index in [2.05, 4.69) is 26.1 Å². The Morgan fingerprint density at radius 1 is 1.24 bits per heavy atom. The standard InChI is InChI=1S/C18H34N4O2.ClH/c1-13(2)11-20-18(24)21-7-4-5-15(12-21)17(23)22-8-6-14(3)9-16(22)10-19;/h13-16H,4-12,19H2,1-3H3,(H,20,24);1H. The molecule has 0 aromatic heterocycles. The van der Waals surface area contributed by atoms with Gasteiger partial charge in [-0.2, -0.15) is 0 Å². The monoisotopic (exact) mass is 374 g/mol. The number of hydrogen-bond acceptors (Lipinski definition) is 3. The summed E-state index contributed by atoms with van der Waals surface area (Å²) in [5.41, 5.74) is 5.90. The van der Waals surface area contributed by atoms with Crippen LogP contribution in [0, 0.1) is 17.8 Å². The highest BCUT2D eigenvalue weighted by Gasteiger charge is 2.35. The van der Waals surface area contributed by atoms with E-state index in [1.165, 1.54) is 0 Å². The van der Waals surface area contributed by atoms with Crippen LogP contribution in [-0.4, -0.2) is 60.5 Å². The summed E-state index contributed by atoms with van der Waals surface area (Å²) in [5, 5.41) is 2.96. The number of urea groups is 1. The maximum atomic E-state index is 13.0. The smallest absolute Gasteiger partial charge is 0.317 e. The van der Waals surface area contributed by atoms with E-state index in [1.54, 1.807) is 4.90 Å². The lowest BCUT2D eigenvalue weighted by molar-refractivity contribution is -0.141. The van der Waals surface area contributed by atoms with Crippen molar-refractivity contribution in [3.05, 3.63) is 0 Å². The second kappa shape index (κ2) is 10.2. The fraction of sp³-hybridized carbons (Fsp3) is 0.889. The maximum Gasteiger partial charge on any atom is 0.317 e. The summed E-state index contributed by atoms with van der Waals surface area (Å²) in [7, 11) is 0. The molecule has 2 fully saturated rings. The summed E-state index contributed by atoms with van der Waals surface area (Å²) >= 11 is 0. The molecule has 3 unspecified atom stereocenters. The Bertz CT molecular complexity index is 447. The molecule has 146 valence electrons. The van der Waals surface area contributed by atoms with Crippen molar-refractivity contribution in [1.29, 1.82) is 0 Å². The van der Waals surface area contributed by atoms with Crippen molar-refractivity contribution in [1.82, 2.24) is 15.1 Å². The Kier molecular flexibility index (Phi) is 9.00. The van der Waals surface area contributed by atoms with E-state index in [-0.39, 0.29) is 36.3 Å². The molecule has 3 N–H and O–H groups in total. The number of likely N-dealkylation sites (tertiary alicyclic amines) is 2. The van der Waals surface area contributed by atoms with Gasteiger partial charge in [0.1, 0.15) is 0 Å². The zero-order valence-electron chi connectivity index (χ0n) is 15.9. The molecule has 0 bridgehead atoms. The summed E-state index contributed by atoms with van der Waals surface area (Å²) in [6.07, 6.45) is 3.81. The van der Waals surface area contributed by atoms with Gasteiger partial charge in [-0.3, -0.25) is 4.79 Å². The quantitative estimate of drug-likeness (QED) is 0.790. The molecule has 7 heteroatoms. The van der Waals surface area contributed by atoms with Gasteiger partial charge in [-0.1, -0.05) is 20.8 Å². The number of nitrogens with one attached hydrogen (secondary N) is 1. The minimum atomic E-state index is -0.0778. The molecule has 2 heterocycles. The molecule has 0 spiro atoms. The van der Waals surface area contributed by atoms with Gasteiger partial charge in [0.15, 0.2) is 0 Å². The van der Waals surface area contributed by atoms with Gasteiger partial charge in [-0.05, 0) is 37.5 Å². The Morgan fingerprint density at radius 2 is 1.96 bits per heavy atom. The van der Waals surface area contributed by atoms with Crippen molar-refractivity contribution in [3.63, 3.8) is 0 Å². The second-order valence-corrected chi connectivity index (χ2v) is 7.92. The van der Waals surface area contributed by atoms with Crippen LogP contribution in [0.4, 0.5) is 4.79 Å². The van der Waals surface area contributed by atoms with Gasteiger partial charge in [0, 0.05) is 38.8 Å². The number of nitrogens with two attached hydrogens (primary N) is 1. The van der Waals surface area contributed by atoms with Crippen LogP contribution in [0.25, 0.3) is 0 Å². The first-order chi connectivity index (χ1) is 11.4. The van der Waals surface area contributed by atoms with Gasteiger partial charge in [0.05, 0.1) is 5.92 Å². The van der Waals surface area contributed by atoms with Gasteiger partial charge in [-0.25, -0.2) is 4.79 Å². The van der Waals surface area contributed by atoms with Crippen molar-refractivity contribution >= 4 is 24.3 Å². The predicted molar refractivity (Wildman–Crippen MR) is 103 cm³/mol. The van der Waals surface area contributed by atoms with E-state index in [1.807, 2.05) is 4.90 Å². The molecule has 6 nitrogen and oxygen atoms in total. The fourth-order valence-electron chi connectivity index (χ4n) is 3.77. The molecule has 0 radical (unpaired) electrons. The first-order valence-corrected chi connectivity index (χ1v) is 9.45. The maximum absolute atomic E-state index is 13.0. The SMILES string of the molecule is CC(C)CNC(=O)N1CCCC(C(=O)N2CCC(C)CC2CN)C1.Cl. The van der Waals surface area contributed by atoms with Crippen molar-refractivity contribution in [2.75, 3.05) is 32.7 Å². The topological polar surface area (TPSA) is 78.7 Å². The average Bonchev–Trinajstić information content (AvgIpc) is 2.59. The molecule has 2 aliphatic heterocycles. The number of carbonyl (C=O) groups excluding carboxylic acids is 2. The molecule has 3 atom stereocenters. The zero-order valence-corrected chi connectivity index (χ0v) is 16.7. The minimum Gasteiger partial charge on any atom is -0.338 e. The van der Waals surface area contributed by atoms with Crippen LogP contribution in [0.3, 0.4) is 0 Å². The first kappa shape index (κ1) is 22.0. The number of amides is 3. The van der Waals surface area contributed by atoms with Crippen LogP contribution < -0.4 is 11.1 Å². The molecule has 3 amide bonds. The molecule has 2 rings (SSSR count). The number of rotatable bonds is 4. The molecule has 25 heavy (non-hydrogen) atoms. The molecule has 0 aromatic rings. The summed E-state index contributed by atoms with van der Waals surface area (Å²) < 4.78 is 0. The number of halogens is 1. The van der Waals surface area contributed by atoms with Crippen molar-refractivity contribution in [2.45, 2.75) is 52.5 Å². The Morgan fingerprint density at radius 3 is 2.60 bits per heavy atom. The number of piperidine rings is 2. The summed E-state index contributed by atoms with van der Waals surface area (Å²) in [4.78, 5) is 29.0. The second-order valence-electron chi connectivity index (χ2n) is 7.92. The Labute approximate surface area is 158 Å². The first-order valence-electron chi connectivity index (χ1n) is 9.45. The van der Waals surface area contributed by atoms with Gasteiger partial charge in [-0.15, -0.1) is 12.4 Å². The van der Waals surface area contributed by atoms with Crippen molar-refractivity contribution in [3.8, 4) is 0 Å². The Balaban J connectivity index is 0.00000312. The number of hydrogen-bond donors (Lipinski definition) is 2. The predicted octanol–water partition coefficient (Wildman–Crippen LogP) is 2.07. The van der Waals surface area contributed by atoms with E-state index in [9.17, 15) is 9.59 Å². The minimum absolute atomic E-state index is 0. The van der Waals surface area contributed by atoms with Crippen LogP contribution in [0.5, 0.6) is 0 Å². The third kappa shape index (κ3) is 6.03. The van der Waals surface area contributed by atoms with Gasteiger partial charge >= 0.3 is 6.03 Å². The molecular weight excluding hydrogens is 340 g/mol. The summed E-state index contributed by atoms with van der Waals surface area (Å²) in [6.45, 7) is 9.66. The van der Waals surface area contributed by atoms with E-state index in [0.717, 1.165) is 38.8 Å². The molecule has 0 saturated carbocycles. The highest BCUT2D eigenvalue weighted by Crippen LogP contribution is 2.26. The lowest BCUT2D eigenvalue weighted by Crippen LogP contribution is -2.55. The lowest BCUT2D eigenvalue weighted by Gasteiger charge is -2.41. The van der Waals surface area contributed by atoms with E-state index >= 15 is 0 Å². The van der Waals surface area contributed by atoms with Gasteiger partial charge in [0.25, 0.3) is 0 Å². The fourth-order valence-corrected chi connectivity index (χ4v) is 3.77. The molecule has 0 aliphatic carbocycles. The van der Waals surface area contributed by atoms with Crippen molar-refractivity contribution < 1.29 is 9.59 Å². The van der Waals surface area contributed by atoms with Gasteiger partial charge in [0.2, 0.25) is 5.91 Å². The molecule has 2 aliphatic rings. The van der Waals surface area contributed by atoms with Crippen molar-refractivity contribution in [2.24, 2.45) is 23.5 Å². The summed E-state index contributed by atoms with van der Waals surface area (Å²) in [5.74, 6) is 1.17. The summed E-state index contributed by atoms with van der Waals surface area (Å²) in [6, 6.07) is 0.121. The number of carbonyl (C=O) groups is 2. The van der Waals surface area contributed by atoms with E-state index in [4.69, 9.17) is 5.73 Å². The van der Waals surface area contributed by atoms with Crippen LogP contribution in [0.2, 0.25) is 0 Å². The van der Waals surface area contributed by atoms with Gasteiger partial charge < -0.3 is 20.9 Å². The highest BCUT2D eigenvalue weighted by atomic mass is 35.5. The van der Waals surface area contributed by atoms with E-state index in [0.29, 0.717) is 31.5 Å². The highest BCUT2D eigenvalue weighted by molar-refractivity contribution is 5.85. The largest absolute Gasteiger partial charge is 0.338 e.